The fraction of sp³-hybridized carbons (Fsp3) is 0.0154. The summed E-state index contributed by atoms with van der Waals surface area (Å²) in [7, 11) is 0. The molecule has 12 aromatic rings. The molecule has 14 rings (SSSR count). The molecule has 0 bridgehead atoms. The van der Waals surface area contributed by atoms with E-state index in [1.807, 2.05) is 30.5 Å². The number of para-hydroxylation sites is 1. The van der Waals surface area contributed by atoms with Crippen molar-refractivity contribution in [3.05, 3.63) is 265 Å². The molecule has 0 radical (unpaired) electrons. The molecule has 5 nitrogen and oxygen atoms in total. The van der Waals surface area contributed by atoms with Crippen molar-refractivity contribution >= 4 is 21.8 Å². The van der Waals surface area contributed by atoms with Gasteiger partial charge in [-0.2, -0.15) is 5.26 Å². The molecule has 70 heavy (non-hydrogen) atoms. The third kappa shape index (κ3) is 5.94. The number of nitrogens with zero attached hydrogens (tertiary/aromatic N) is 5. The second-order valence-corrected chi connectivity index (χ2v) is 18.2. The van der Waals surface area contributed by atoms with Crippen molar-refractivity contribution in [3.63, 3.8) is 0 Å². The zero-order valence-corrected chi connectivity index (χ0v) is 37.8. The standard InChI is InChI=1S/C65H39N5/c66-39-41-23-34-61-54(35-41)53-33-32-47(38-62(53)70(61)49-15-5-2-6-16-49)48-36-59(44-13-3-1-4-14-44)68-60(37-48)45-28-24-42(25-29-45)43-26-30-46(31-27-43)64-67-40-55-52-19-9-12-22-58(52)65(63(55)69-64)56-20-10-7-17-50(56)51-18-8-11-21-57(51)65/h1-38,40H. The maximum Gasteiger partial charge on any atom is 0.159 e. The van der Waals surface area contributed by atoms with Crippen LogP contribution in [-0.2, 0) is 5.41 Å². The number of fused-ring (bicyclic) bond motifs is 13. The van der Waals surface area contributed by atoms with Gasteiger partial charge < -0.3 is 4.57 Å². The molecular formula is C65H39N5. The molecule has 324 valence electrons. The lowest BCUT2D eigenvalue weighted by molar-refractivity contribution is 0.757. The summed E-state index contributed by atoms with van der Waals surface area (Å²) in [5, 5.41) is 11.9. The van der Waals surface area contributed by atoms with E-state index in [4.69, 9.17) is 15.0 Å². The third-order valence-electron chi connectivity index (χ3n) is 14.5. The van der Waals surface area contributed by atoms with Crippen LogP contribution in [-0.4, -0.2) is 19.5 Å². The highest BCUT2D eigenvalue weighted by Crippen LogP contribution is 2.62. The Balaban J connectivity index is 0.820. The first-order chi connectivity index (χ1) is 34.6. The van der Waals surface area contributed by atoms with Crippen molar-refractivity contribution in [2.75, 3.05) is 0 Å². The van der Waals surface area contributed by atoms with Crippen molar-refractivity contribution in [1.29, 1.82) is 5.26 Å². The maximum absolute atomic E-state index is 9.80. The van der Waals surface area contributed by atoms with Gasteiger partial charge in [0.25, 0.3) is 0 Å². The summed E-state index contributed by atoms with van der Waals surface area (Å²) in [5.41, 5.74) is 22.2. The highest BCUT2D eigenvalue weighted by atomic mass is 15.0. The molecule has 9 aromatic carbocycles. The minimum Gasteiger partial charge on any atom is -0.309 e. The van der Waals surface area contributed by atoms with Crippen LogP contribution in [0.25, 0.3) is 106 Å². The zero-order valence-electron chi connectivity index (χ0n) is 37.8. The number of rotatable bonds is 6. The number of nitriles is 1. The van der Waals surface area contributed by atoms with Gasteiger partial charge in [0, 0.05) is 44.9 Å². The Labute approximate surface area is 404 Å². The summed E-state index contributed by atoms with van der Waals surface area (Å²) in [6.45, 7) is 0. The Bertz CT molecular complexity index is 4040. The average molecular weight is 890 g/mol. The Hall–Kier alpha value is -9.50. The molecule has 0 unspecified atom stereocenters. The second kappa shape index (κ2) is 15.5. The highest BCUT2D eigenvalue weighted by Gasteiger charge is 2.53. The van der Waals surface area contributed by atoms with Gasteiger partial charge in [-0.3, -0.25) is 0 Å². The molecule has 0 saturated carbocycles. The van der Waals surface area contributed by atoms with Crippen molar-refractivity contribution in [3.8, 4) is 90.2 Å². The first kappa shape index (κ1) is 39.6. The van der Waals surface area contributed by atoms with E-state index in [0.717, 1.165) is 89.1 Å². The molecule has 3 heterocycles. The minimum atomic E-state index is -0.518. The largest absolute Gasteiger partial charge is 0.309 e. The number of hydrogen-bond acceptors (Lipinski definition) is 4. The van der Waals surface area contributed by atoms with Gasteiger partial charge in [0.05, 0.1) is 45.2 Å². The van der Waals surface area contributed by atoms with Crippen LogP contribution in [0.3, 0.4) is 0 Å². The highest BCUT2D eigenvalue weighted by molar-refractivity contribution is 6.10. The fourth-order valence-electron chi connectivity index (χ4n) is 11.3. The number of benzene rings is 9. The average Bonchev–Trinajstić information content (AvgIpc) is 4.04. The van der Waals surface area contributed by atoms with Crippen LogP contribution < -0.4 is 0 Å². The van der Waals surface area contributed by atoms with E-state index >= 15 is 0 Å². The van der Waals surface area contributed by atoms with Crippen LogP contribution in [0.5, 0.6) is 0 Å². The van der Waals surface area contributed by atoms with Crippen LogP contribution in [0.4, 0.5) is 0 Å². The molecule has 2 aliphatic rings. The van der Waals surface area contributed by atoms with Crippen LogP contribution in [0, 0.1) is 11.3 Å². The molecule has 0 atom stereocenters. The zero-order chi connectivity index (χ0) is 46.3. The minimum absolute atomic E-state index is 0.518. The number of hydrogen-bond donors (Lipinski definition) is 0. The molecule has 3 aromatic heterocycles. The van der Waals surface area contributed by atoms with Crippen LogP contribution in [0.15, 0.2) is 237 Å². The van der Waals surface area contributed by atoms with Crippen LogP contribution in [0.1, 0.15) is 27.9 Å². The van der Waals surface area contributed by atoms with E-state index in [2.05, 4.69) is 217 Å². The van der Waals surface area contributed by atoms with Gasteiger partial charge in [-0.25, -0.2) is 15.0 Å². The Morgan fingerprint density at radius 3 is 1.54 bits per heavy atom. The molecule has 0 amide bonds. The summed E-state index contributed by atoms with van der Waals surface area (Å²) in [5.74, 6) is 0.712. The van der Waals surface area contributed by atoms with E-state index in [1.54, 1.807) is 0 Å². The van der Waals surface area contributed by atoms with E-state index in [9.17, 15) is 5.26 Å². The van der Waals surface area contributed by atoms with E-state index < -0.39 is 5.41 Å². The molecule has 5 heteroatoms. The second-order valence-electron chi connectivity index (χ2n) is 18.2. The van der Waals surface area contributed by atoms with E-state index in [0.29, 0.717) is 11.4 Å². The SMILES string of the molecule is N#Cc1ccc2c(c1)c1ccc(-c3cc(-c4ccccc4)nc(-c4ccc(-c5ccc(-c6ncc7c(n6)C6(c8ccccc8-c8ccccc86)c6ccccc6-7)cc5)cc4)c3)cc1n2-c1ccccc1. The molecule has 0 N–H and O–H groups in total. The van der Waals surface area contributed by atoms with Gasteiger partial charge in [0.2, 0.25) is 0 Å². The first-order valence-corrected chi connectivity index (χ1v) is 23.6. The monoisotopic (exact) mass is 889 g/mol. The van der Waals surface area contributed by atoms with Crippen molar-refractivity contribution in [2.45, 2.75) is 5.41 Å². The smallest absolute Gasteiger partial charge is 0.159 e. The number of aromatic nitrogens is 4. The molecule has 0 saturated heterocycles. The van der Waals surface area contributed by atoms with Crippen LogP contribution in [0.2, 0.25) is 0 Å². The van der Waals surface area contributed by atoms with E-state index in [1.165, 1.54) is 33.4 Å². The lowest BCUT2D eigenvalue weighted by atomic mass is 9.72. The van der Waals surface area contributed by atoms with E-state index in [-0.39, 0.29) is 0 Å². The predicted molar refractivity (Wildman–Crippen MR) is 282 cm³/mol. The van der Waals surface area contributed by atoms with Gasteiger partial charge in [-0.05, 0) is 104 Å². The third-order valence-corrected chi connectivity index (χ3v) is 14.5. The Morgan fingerprint density at radius 2 is 0.914 bits per heavy atom. The summed E-state index contributed by atoms with van der Waals surface area (Å²) < 4.78 is 2.29. The molecule has 0 fully saturated rings. The number of pyridine rings is 1. The van der Waals surface area contributed by atoms with Crippen LogP contribution >= 0.6 is 0 Å². The topological polar surface area (TPSA) is 67.4 Å². The van der Waals surface area contributed by atoms with Crippen molar-refractivity contribution in [2.24, 2.45) is 0 Å². The summed E-state index contributed by atoms with van der Waals surface area (Å²) in [6, 6.07) is 83.8. The van der Waals surface area contributed by atoms with Crippen molar-refractivity contribution in [1.82, 2.24) is 19.5 Å². The first-order valence-electron chi connectivity index (χ1n) is 23.6. The molecule has 2 aliphatic carbocycles. The normalized spacial score (nSPS) is 12.7. The quantitative estimate of drug-likeness (QED) is 0.167. The summed E-state index contributed by atoms with van der Waals surface area (Å²) >= 11 is 0. The fourth-order valence-corrected chi connectivity index (χ4v) is 11.3. The molecule has 1 spiro atoms. The van der Waals surface area contributed by atoms with Gasteiger partial charge >= 0.3 is 0 Å². The van der Waals surface area contributed by atoms with Gasteiger partial charge in [-0.15, -0.1) is 0 Å². The van der Waals surface area contributed by atoms with Gasteiger partial charge in [-0.1, -0.05) is 182 Å². The predicted octanol–water partition coefficient (Wildman–Crippen LogP) is 15.5. The van der Waals surface area contributed by atoms with Crippen molar-refractivity contribution < 1.29 is 0 Å². The lowest BCUT2D eigenvalue weighted by Gasteiger charge is -2.29. The Kier molecular flexibility index (Phi) is 8.80. The summed E-state index contributed by atoms with van der Waals surface area (Å²) in [6.07, 6.45) is 2.03. The molecular weight excluding hydrogens is 851 g/mol. The molecule has 0 aliphatic heterocycles. The van der Waals surface area contributed by atoms with Gasteiger partial charge in [0.1, 0.15) is 0 Å². The maximum atomic E-state index is 9.80. The Morgan fingerprint density at radius 1 is 0.386 bits per heavy atom. The van der Waals surface area contributed by atoms with Gasteiger partial charge in [0.15, 0.2) is 5.82 Å². The lowest BCUT2D eigenvalue weighted by Crippen LogP contribution is -2.27. The summed E-state index contributed by atoms with van der Waals surface area (Å²) in [4.78, 5) is 15.8.